The Bertz CT molecular complexity index is 212. The standard InChI is InChI=1S/C11H23N3O/c1-9(11(15)13(2)3)14(4)8-10-6-5-7-12-10/h9-10,12H,5-8H2,1-4H3. The summed E-state index contributed by atoms with van der Waals surface area (Å²) in [6.07, 6.45) is 2.49. The Balaban J connectivity index is 2.37. The first-order chi connectivity index (χ1) is 7.02. The minimum atomic E-state index is -0.0256. The smallest absolute Gasteiger partial charge is 0.239 e. The highest BCUT2D eigenvalue weighted by molar-refractivity contribution is 5.80. The molecule has 1 N–H and O–H groups in total. The van der Waals surface area contributed by atoms with Crippen molar-refractivity contribution in [3.05, 3.63) is 0 Å². The monoisotopic (exact) mass is 213 g/mol. The van der Waals surface area contributed by atoms with E-state index in [0.29, 0.717) is 6.04 Å². The highest BCUT2D eigenvalue weighted by Crippen LogP contribution is 2.08. The van der Waals surface area contributed by atoms with Crippen molar-refractivity contribution in [3.63, 3.8) is 0 Å². The van der Waals surface area contributed by atoms with Gasteiger partial charge in [-0.25, -0.2) is 0 Å². The van der Waals surface area contributed by atoms with Crippen LogP contribution in [-0.2, 0) is 4.79 Å². The van der Waals surface area contributed by atoms with Crippen LogP contribution in [0.2, 0.25) is 0 Å². The van der Waals surface area contributed by atoms with Gasteiger partial charge in [0.2, 0.25) is 5.91 Å². The summed E-state index contributed by atoms with van der Waals surface area (Å²) >= 11 is 0. The summed E-state index contributed by atoms with van der Waals surface area (Å²) < 4.78 is 0. The van der Waals surface area contributed by atoms with Crippen LogP contribution in [0.5, 0.6) is 0 Å². The van der Waals surface area contributed by atoms with Gasteiger partial charge in [-0.05, 0) is 33.4 Å². The van der Waals surface area contributed by atoms with Crippen LogP contribution in [0.1, 0.15) is 19.8 Å². The summed E-state index contributed by atoms with van der Waals surface area (Å²) in [5.41, 5.74) is 0. The number of carbonyl (C=O) groups excluding carboxylic acids is 1. The molecular weight excluding hydrogens is 190 g/mol. The zero-order valence-electron chi connectivity index (χ0n) is 10.3. The number of hydrogen-bond donors (Lipinski definition) is 1. The summed E-state index contributed by atoms with van der Waals surface area (Å²) in [6, 6.07) is 0.537. The van der Waals surface area contributed by atoms with E-state index in [9.17, 15) is 4.79 Å². The summed E-state index contributed by atoms with van der Waals surface area (Å²) in [5.74, 6) is 0.176. The topological polar surface area (TPSA) is 35.6 Å². The number of nitrogens with one attached hydrogen (secondary N) is 1. The van der Waals surface area contributed by atoms with Gasteiger partial charge in [0.25, 0.3) is 0 Å². The third kappa shape index (κ3) is 3.47. The van der Waals surface area contributed by atoms with Crippen molar-refractivity contribution in [1.29, 1.82) is 0 Å². The molecule has 15 heavy (non-hydrogen) atoms. The van der Waals surface area contributed by atoms with Crippen LogP contribution in [-0.4, -0.2) is 62.0 Å². The predicted molar refractivity (Wildman–Crippen MR) is 61.8 cm³/mol. The van der Waals surface area contributed by atoms with Crippen molar-refractivity contribution < 1.29 is 4.79 Å². The predicted octanol–water partition coefficient (Wildman–Crippen LogP) is 0.147. The molecule has 1 aliphatic heterocycles. The minimum absolute atomic E-state index is 0.0256. The lowest BCUT2D eigenvalue weighted by Crippen LogP contribution is -2.46. The van der Waals surface area contributed by atoms with E-state index in [0.717, 1.165) is 13.1 Å². The number of carbonyl (C=O) groups is 1. The molecule has 1 fully saturated rings. The Morgan fingerprint density at radius 1 is 1.47 bits per heavy atom. The molecule has 2 unspecified atom stereocenters. The molecule has 0 radical (unpaired) electrons. The van der Waals surface area contributed by atoms with E-state index in [4.69, 9.17) is 0 Å². The van der Waals surface area contributed by atoms with Crippen LogP contribution in [0.15, 0.2) is 0 Å². The number of likely N-dealkylation sites (N-methyl/N-ethyl adjacent to an activating group) is 2. The zero-order valence-corrected chi connectivity index (χ0v) is 10.3. The maximum absolute atomic E-state index is 11.7. The first-order valence-corrected chi connectivity index (χ1v) is 5.67. The van der Waals surface area contributed by atoms with Gasteiger partial charge in [0.1, 0.15) is 0 Å². The van der Waals surface area contributed by atoms with Gasteiger partial charge in [-0.3, -0.25) is 9.69 Å². The molecule has 0 saturated carbocycles. The molecule has 4 heteroatoms. The number of nitrogens with zero attached hydrogens (tertiary/aromatic N) is 2. The molecule has 1 heterocycles. The zero-order chi connectivity index (χ0) is 11.4. The highest BCUT2D eigenvalue weighted by atomic mass is 16.2. The maximum atomic E-state index is 11.7. The summed E-state index contributed by atoms with van der Waals surface area (Å²) in [7, 11) is 5.63. The molecule has 0 aromatic rings. The molecule has 2 atom stereocenters. The molecule has 0 aliphatic carbocycles. The van der Waals surface area contributed by atoms with Gasteiger partial charge in [0, 0.05) is 26.7 Å². The third-order valence-electron chi connectivity index (χ3n) is 3.13. The van der Waals surface area contributed by atoms with E-state index in [2.05, 4.69) is 10.2 Å². The Kier molecular flexibility index (Phi) is 4.54. The Hall–Kier alpha value is -0.610. The summed E-state index contributed by atoms with van der Waals surface area (Å²) in [4.78, 5) is 15.5. The van der Waals surface area contributed by atoms with E-state index in [1.807, 2.05) is 14.0 Å². The van der Waals surface area contributed by atoms with Gasteiger partial charge in [-0.15, -0.1) is 0 Å². The van der Waals surface area contributed by atoms with Crippen LogP contribution in [0.4, 0.5) is 0 Å². The van der Waals surface area contributed by atoms with Gasteiger partial charge >= 0.3 is 0 Å². The van der Waals surface area contributed by atoms with Crippen molar-refractivity contribution in [2.45, 2.75) is 31.8 Å². The summed E-state index contributed by atoms with van der Waals surface area (Å²) in [6.45, 7) is 4.05. The lowest BCUT2D eigenvalue weighted by molar-refractivity contribution is -0.133. The molecule has 0 aromatic heterocycles. The fourth-order valence-corrected chi connectivity index (χ4v) is 1.98. The van der Waals surface area contributed by atoms with E-state index in [1.54, 1.807) is 19.0 Å². The molecule has 1 amide bonds. The van der Waals surface area contributed by atoms with Gasteiger partial charge in [0.05, 0.1) is 6.04 Å². The maximum Gasteiger partial charge on any atom is 0.239 e. The van der Waals surface area contributed by atoms with E-state index < -0.39 is 0 Å². The second-order valence-electron chi connectivity index (χ2n) is 4.64. The normalized spacial score (nSPS) is 23.1. The molecule has 4 nitrogen and oxygen atoms in total. The van der Waals surface area contributed by atoms with Crippen LogP contribution < -0.4 is 5.32 Å². The summed E-state index contributed by atoms with van der Waals surface area (Å²) in [5, 5.41) is 3.44. The minimum Gasteiger partial charge on any atom is -0.347 e. The van der Waals surface area contributed by atoms with Gasteiger partial charge in [-0.1, -0.05) is 0 Å². The van der Waals surface area contributed by atoms with E-state index >= 15 is 0 Å². The van der Waals surface area contributed by atoms with Crippen molar-refractivity contribution >= 4 is 5.91 Å². The molecule has 0 aromatic carbocycles. The van der Waals surface area contributed by atoms with E-state index in [-0.39, 0.29) is 11.9 Å². The first-order valence-electron chi connectivity index (χ1n) is 5.67. The average molecular weight is 213 g/mol. The number of rotatable bonds is 4. The highest BCUT2D eigenvalue weighted by Gasteiger charge is 2.23. The fourth-order valence-electron chi connectivity index (χ4n) is 1.98. The third-order valence-corrected chi connectivity index (χ3v) is 3.13. The molecular formula is C11H23N3O. The molecule has 0 spiro atoms. The van der Waals surface area contributed by atoms with Crippen molar-refractivity contribution in [2.75, 3.05) is 34.2 Å². The molecule has 1 saturated heterocycles. The molecule has 0 bridgehead atoms. The molecule has 1 aliphatic rings. The van der Waals surface area contributed by atoms with Crippen LogP contribution in [0, 0.1) is 0 Å². The van der Waals surface area contributed by atoms with Crippen LogP contribution in [0.3, 0.4) is 0 Å². The number of hydrogen-bond acceptors (Lipinski definition) is 3. The van der Waals surface area contributed by atoms with Gasteiger partial charge in [0.15, 0.2) is 0 Å². The second-order valence-corrected chi connectivity index (χ2v) is 4.64. The molecule has 88 valence electrons. The Labute approximate surface area is 92.6 Å². The van der Waals surface area contributed by atoms with Crippen molar-refractivity contribution in [2.24, 2.45) is 0 Å². The fraction of sp³-hybridized carbons (Fsp3) is 0.909. The van der Waals surface area contributed by atoms with E-state index in [1.165, 1.54) is 12.8 Å². The lowest BCUT2D eigenvalue weighted by atomic mass is 10.2. The van der Waals surface area contributed by atoms with Gasteiger partial charge < -0.3 is 10.2 Å². The van der Waals surface area contributed by atoms with Crippen molar-refractivity contribution in [3.8, 4) is 0 Å². The number of amides is 1. The largest absolute Gasteiger partial charge is 0.347 e. The Morgan fingerprint density at radius 3 is 2.60 bits per heavy atom. The average Bonchev–Trinajstić information content (AvgIpc) is 2.67. The Morgan fingerprint density at radius 2 is 2.13 bits per heavy atom. The molecule has 1 rings (SSSR count). The SMILES string of the molecule is CC(C(=O)N(C)C)N(C)CC1CCCN1. The van der Waals surface area contributed by atoms with Crippen LogP contribution >= 0.6 is 0 Å². The van der Waals surface area contributed by atoms with Crippen molar-refractivity contribution in [1.82, 2.24) is 15.1 Å². The quantitative estimate of drug-likeness (QED) is 0.722. The first kappa shape index (κ1) is 12.5. The van der Waals surface area contributed by atoms with Gasteiger partial charge in [-0.2, -0.15) is 0 Å². The second kappa shape index (κ2) is 5.47. The van der Waals surface area contributed by atoms with Crippen LogP contribution in [0.25, 0.3) is 0 Å². The lowest BCUT2D eigenvalue weighted by Gasteiger charge is -2.28.